The lowest BCUT2D eigenvalue weighted by Gasteiger charge is -2.20. The van der Waals surface area contributed by atoms with Crippen LogP contribution in [0.15, 0.2) is 90.0 Å². The van der Waals surface area contributed by atoms with E-state index < -0.39 is 0 Å². The minimum Gasteiger partial charge on any atom is -0.234 e. The number of fused-ring (bicyclic) bond motifs is 1. The highest BCUT2D eigenvalue weighted by Gasteiger charge is 2.43. The van der Waals surface area contributed by atoms with Gasteiger partial charge in [-0.15, -0.1) is 0 Å². The molecule has 27 heavy (non-hydrogen) atoms. The Kier molecular flexibility index (Phi) is 4.36. The van der Waals surface area contributed by atoms with Gasteiger partial charge in [0.2, 0.25) is 11.4 Å². The summed E-state index contributed by atoms with van der Waals surface area (Å²) in [6, 6.07) is 29.1. The molecular weight excluding hydrogens is 330 g/mol. The maximum absolute atomic E-state index is 4.90. The van der Waals surface area contributed by atoms with Gasteiger partial charge in [0.25, 0.3) is 0 Å². The highest BCUT2D eigenvalue weighted by atomic mass is 15.5. The maximum Gasteiger partial charge on any atom is 0.212 e. The van der Waals surface area contributed by atoms with Gasteiger partial charge < -0.3 is 0 Å². The average molecular weight is 354 g/mol. The molecule has 0 amide bonds. The standard InChI is InChI=1S/C24H24N3/c1-24(2)21-16-10-11-17-22(21)26(3)23(24)18-25-27(19-12-6-4-7-13-19)20-14-8-5-9-15-20/h4-18H,1-3H3/q+1. The first-order chi connectivity index (χ1) is 13.1. The van der Waals surface area contributed by atoms with Gasteiger partial charge >= 0.3 is 0 Å². The lowest BCUT2D eigenvalue weighted by molar-refractivity contribution is -0.400. The summed E-state index contributed by atoms with van der Waals surface area (Å²) in [4.78, 5) is 0. The predicted octanol–water partition coefficient (Wildman–Crippen LogP) is 5.52. The molecule has 0 unspecified atom stereocenters. The maximum atomic E-state index is 4.90. The van der Waals surface area contributed by atoms with E-state index in [-0.39, 0.29) is 5.41 Å². The number of nitrogens with zero attached hydrogens (tertiary/aromatic N) is 3. The van der Waals surface area contributed by atoms with Crippen molar-refractivity contribution in [2.75, 3.05) is 12.1 Å². The van der Waals surface area contributed by atoms with Crippen molar-refractivity contribution < 1.29 is 4.58 Å². The molecule has 0 aromatic heterocycles. The summed E-state index contributed by atoms with van der Waals surface area (Å²) in [5.41, 5.74) is 5.75. The number of anilines is 2. The zero-order valence-corrected chi connectivity index (χ0v) is 16.0. The van der Waals surface area contributed by atoms with Crippen molar-refractivity contribution in [3.63, 3.8) is 0 Å². The molecule has 1 aliphatic heterocycles. The summed E-state index contributed by atoms with van der Waals surface area (Å²) in [7, 11) is 2.12. The average Bonchev–Trinajstić information content (AvgIpc) is 2.90. The molecule has 4 rings (SSSR count). The lowest BCUT2D eigenvalue weighted by atomic mass is 9.82. The van der Waals surface area contributed by atoms with Gasteiger partial charge in [-0.2, -0.15) is 9.68 Å². The number of para-hydroxylation sites is 3. The zero-order valence-electron chi connectivity index (χ0n) is 16.0. The smallest absolute Gasteiger partial charge is 0.212 e. The molecule has 0 aliphatic carbocycles. The van der Waals surface area contributed by atoms with Gasteiger partial charge in [0.05, 0.1) is 16.8 Å². The molecule has 0 radical (unpaired) electrons. The molecule has 0 saturated carbocycles. The van der Waals surface area contributed by atoms with Crippen molar-refractivity contribution in [2.24, 2.45) is 5.10 Å². The third-order valence-electron chi connectivity index (χ3n) is 5.24. The van der Waals surface area contributed by atoms with Crippen LogP contribution in [-0.2, 0) is 5.41 Å². The normalized spacial score (nSPS) is 15.2. The Balaban J connectivity index is 1.76. The molecule has 0 saturated heterocycles. The van der Waals surface area contributed by atoms with Crippen molar-refractivity contribution in [3.8, 4) is 0 Å². The van der Waals surface area contributed by atoms with Crippen LogP contribution in [0.25, 0.3) is 0 Å². The Morgan fingerprint density at radius 2 is 1.30 bits per heavy atom. The van der Waals surface area contributed by atoms with Gasteiger partial charge in [-0.25, -0.2) is 5.01 Å². The Morgan fingerprint density at radius 3 is 1.85 bits per heavy atom. The van der Waals surface area contributed by atoms with Crippen molar-refractivity contribution in [2.45, 2.75) is 19.3 Å². The van der Waals surface area contributed by atoms with Crippen molar-refractivity contribution >= 4 is 29.0 Å². The van der Waals surface area contributed by atoms with Crippen molar-refractivity contribution in [1.82, 2.24) is 0 Å². The summed E-state index contributed by atoms with van der Waals surface area (Å²) in [5.74, 6) is 0. The van der Waals surface area contributed by atoms with Crippen molar-refractivity contribution in [1.29, 1.82) is 0 Å². The fourth-order valence-electron chi connectivity index (χ4n) is 3.76. The minimum absolute atomic E-state index is 0.0894. The van der Waals surface area contributed by atoms with E-state index in [0.29, 0.717) is 0 Å². The van der Waals surface area contributed by atoms with Gasteiger partial charge in [-0.1, -0.05) is 54.6 Å². The summed E-state index contributed by atoms with van der Waals surface area (Å²) < 4.78 is 2.24. The van der Waals surface area contributed by atoms with E-state index in [9.17, 15) is 0 Å². The number of hydrogen-bond donors (Lipinski definition) is 0. The first kappa shape index (κ1) is 17.2. The van der Waals surface area contributed by atoms with Crippen LogP contribution >= 0.6 is 0 Å². The van der Waals surface area contributed by atoms with E-state index in [1.807, 2.05) is 47.6 Å². The van der Waals surface area contributed by atoms with Crippen LogP contribution in [0.4, 0.5) is 17.1 Å². The monoisotopic (exact) mass is 354 g/mol. The number of benzene rings is 3. The number of hydrogen-bond acceptors (Lipinski definition) is 2. The second kappa shape index (κ2) is 6.84. The Morgan fingerprint density at radius 1 is 0.778 bits per heavy atom. The number of hydrazone groups is 1. The highest BCUT2D eigenvalue weighted by Crippen LogP contribution is 2.38. The van der Waals surface area contributed by atoms with Gasteiger partial charge in [-0.3, -0.25) is 0 Å². The van der Waals surface area contributed by atoms with Crippen LogP contribution in [0.2, 0.25) is 0 Å². The van der Waals surface area contributed by atoms with E-state index in [1.165, 1.54) is 17.0 Å². The van der Waals surface area contributed by atoms with Crippen LogP contribution < -0.4 is 5.01 Å². The molecule has 3 aromatic rings. The molecule has 1 heterocycles. The molecule has 0 spiro atoms. The quantitative estimate of drug-likeness (QED) is 0.343. The van der Waals surface area contributed by atoms with Crippen LogP contribution in [0.3, 0.4) is 0 Å². The fourth-order valence-corrected chi connectivity index (χ4v) is 3.76. The Labute approximate surface area is 160 Å². The van der Waals surface area contributed by atoms with Crippen LogP contribution in [0.1, 0.15) is 19.4 Å². The summed E-state index contributed by atoms with van der Waals surface area (Å²) in [6.45, 7) is 4.51. The second-order valence-electron chi connectivity index (χ2n) is 7.31. The zero-order chi connectivity index (χ0) is 18.9. The molecule has 134 valence electrons. The molecule has 3 aromatic carbocycles. The first-order valence-corrected chi connectivity index (χ1v) is 9.24. The predicted molar refractivity (Wildman–Crippen MR) is 114 cm³/mol. The first-order valence-electron chi connectivity index (χ1n) is 9.24. The third kappa shape index (κ3) is 3.06. The molecule has 0 N–H and O–H groups in total. The van der Waals surface area contributed by atoms with Crippen LogP contribution in [0, 0.1) is 0 Å². The topological polar surface area (TPSA) is 18.6 Å². The molecule has 0 fully saturated rings. The second-order valence-corrected chi connectivity index (χ2v) is 7.31. The highest BCUT2D eigenvalue weighted by molar-refractivity contribution is 6.33. The fraction of sp³-hybridized carbons (Fsp3) is 0.167. The Bertz CT molecular complexity index is 963. The van der Waals surface area contributed by atoms with Crippen molar-refractivity contribution in [3.05, 3.63) is 90.5 Å². The largest absolute Gasteiger partial charge is 0.234 e. The van der Waals surface area contributed by atoms with E-state index in [0.717, 1.165) is 11.4 Å². The van der Waals surface area contributed by atoms with Gasteiger partial charge in [-0.05, 0) is 38.1 Å². The van der Waals surface area contributed by atoms with Crippen LogP contribution in [-0.4, -0.2) is 23.5 Å². The Hall–Kier alpha value is -3.20. The molecular formula is C24H24N3+. The lowest BCUT2D eigenvalue weighted by Crippen LogP contribution is -2.30. The van der Waals surface area contributed by atoms with Gasteiger partial charge in [0.15, 0.2) is 0 Å². The molecule has 0 atom stereocenters. The number of rotatable bonds is 4. The minimum atomic E-state index is -0.0894. The summed E-state index contributed by atoms with van der Waals surface area (Å²) >= 11 is 0. The third-order valence-corrected chi connectivity index (χ3v) is 5.24. The summed E-state index contributed by atoms with van der Waals surface area (Å²) in [6.07, 6.45) is 2.00. The van der Waals surface area contributed by atoms with E-state index >= 15 is 0 Å². The molecule has 3 heteroatoms. The summed E-state index contributed by atoms with van der Waals surface area (Å²) in [5, 5.41) is 6.89. The molecule has 3 nitrogen and oxygen atoms in total. The van der Waals surface area contributed by atoms with E-state index in [4.69, 9.17) is 5.10 Å². The van der Waals surface area contributed by atoms with Crippen LogP contribution in [0.5, 0.6) is 0 Å². The SMILES string of the molecule is C[N+]1=C(C=NN(c2ccccc2)c2ccccc2)C(C)(C)c2ccccc21. The molecule has 1 aliphatic rings. The van der Waals surface area contributed by atoms with E-state index in [1.54, 1.807) is 0 Å². The molecule has 0 bridgehead atoms. The van der Waals surface area contributed by atoms with Gasteiger partial charge in [0, 0.05) is 11.6 Å². The van der Waals surface area contributed by atoms with Gasteiger partial charge in [0.1, 0.15) is 13.3 Å². The van der Waals surface area contributed by atoms with E-state index in [2.05, 4.69) is 74.0 Å².